The van der Waals surface area contributed by atoms with Crippen molar-refractivity contribution in [1.82, 2.24) is 0 Å². The van der Waals surface area contributed by atoms with Crippen LogP contribution in [0.15, 0.2) is 35.2 Å². The van der Waals surface area contributed by atoms with E-state index in [-0.39, 0.29) is 23.4 Å². The molecule has 0 aromatic heterocycles. The Kier molecular flexibility index (Phi) is 5.05. The van der Waals surface area contributed by atoms with E-state index in [1.165, 1.54) is 7.11 Å². The quantitative estimate of drug-likeness (QED) is 0.597. The summed E-state index contributed by atoms with van der Waals surface area (Å²) < 4.78 is 4.56. The Morgan fingerprint density at radius 2 is 1.94 bits per heavy atom. The lowest BCUT2D eigenvalue weighted by molar-refractivity contribution is -0.145. The fraction of sp³-hybridized carbons (Fsp3) is 0.333. The first-order valence-corrected chi connectivity index (χ1v) is 5.78. The molecule has 1 aromatic carbocycles. The third-order valence-electron chi connectivity index (χ3n) is 2.05. The van der Waals surface area contributed by atoms with E-state index in [0.29, 0.717) is 0 Å². The maximum Gasteiger partial charge on any atom is 0.308 e. The predicted octanol–water partition coefficient (Wildman–Crippen LogP) is 2.50. The Bertz CT molecular complexity index is 362. The number of hydrogen-bond donors (Lipinski definition) is 0. The lowest BCUT2D eigenvalue weighted by Crippen LogP contribution is -2.15. The Morgan fingerprint density at radius 1 is 1.31 bits per heavy atom. The molecular weight excluding hydrogens is 224 g/mol. The second-order valence-electron chi connectivity index (χ2n) is 3.42. The second-order valence-corrected chi connectivity index (χ2v) is 4.55. The van der Waals surface area contributed by atoms with Crippen LogP contribution in [0, 0.1) is 5.92 Å². The molecule has 0 N–H and O–H groups in total. The number of hydrogen-bond acceptors (Lipinski definition) is 4. The number of benzene rings is 1. The average molecular weight is 238 g/mol. The molecule has 0 heterocycles. The number of esters is 1. The van der Waals surface area contributed by atoms with Gasteiger partial charge in [0.25, 0.3) is 0 Å². The van der Waals surface area contributed by atoms with Gasteiger partial charge in [-0.25, -0.2) is 0 Å². The summed E-state index contributed by atoms with van der Waals surface area (Å²) in [5.74, 6) is -0.726. The fourth-order valence-corrected chi connectivity index (χ4v) is 2.09. The molecule has 3 nitrogen and oxygen atoms in total. The van der Waals surface area contributed by atoms with Crippen molar-refractivity contribution >= 4 is 22.8 Å². The van der Waals surface area contributed by atoms with Gasteiger partial charge >= 0.3 is 5.97 Å². The van der Waals surface area contributed by atoms with Gasteiger partial charge in [0, 0.05) is 11.3 Å². The topological polar surface area (TPSA) is 43.4 Å². The molecule has 16 heavy (non-hydrogen) atoms. The number of carbonyl (C=O) groups excluding carboxylic acids is 2. The van der Waals surface area contributed by atoms with Gasteiger partial charge in [0.15, 0.2) is 5.12 Å². The smallest absolute Gasteiger partial charge is 0.308 e. The summed E-state index contributed by atoms with van der Waals surface area (Å²) in [6.45, 7) is 1.69. The van der Waals surface area contributed by atoms with E-state index in [0.717, 1.165) is 16.7 Å². The normalized spacial score (nSPS) is 11.9. The summed E-state index contributed by atoms with van der Waals surface area (Å²) in [6.07, 6.45) is 0.201. The molecule has 0 spiro atoms. The van der Waals surface area contributed by atoms with Crippen molar-refractivity contribution in [1.29, 1.82) is 0 Å². The van der Waals surface area contributed by atoms with Crippen molar-refractivity contribution in [2.24, 2.45) is 5.92 Å². The highest BCUT2D eigenvalue weighted by Crippen LogP contribution is 2.21. The number of rotatable bonds is 4. The van der Waals surface area contributed by atoms with Crippen molar-refractivity contribution in [2.45, 2.75) is 18.2 Å². The first kappa shape index (κ1) is 12.8. The summed E-state index contributed by atoms with van der Waals surface area (Å²) in [5, 5.41) is -0.0240. The number of thioether (sulfide) groups is 1. The van der Waals surface area contributed by atoms with Crippen LogP contribution in [-0.2, 0) is 14.3 Å². The molecule has 1 aromatic rings. The number of ether oxygens (including phenoxy) is 1. The minimum absolute atomic E-state index is 0.0240. The summed E-state index contributed by atoms with van der Waals surface area (Å²) >= 11 is 1.15. The third-order valence-corrected chi connectivity index (χ3v) is 2.95. The van der Waals surface area contributed by atoms with E-state index in [2.05, 4.69) is 4.74 Å². The molecule has 0 aliphatic rings. The van der Waals surface area contributed by atoms with Crippen molar-refractivity contribution in [3.05, 3.63) is 30.3 Å². The van der Waals surface area contributed by atoms with Crippen LogP contribution in [-0.4, -0.2) is 18.2 Å². The van der Waals surface area contributed by atoms with Gasteiger partial charge in [-0.15, -0.1) is 0 Å². The van der Waals surface area contributed by atoms with E-state index in [1.807, 2.05) is 30.3 Å². The zero-order chi connectivity index (χ0) is 12.0. The Balaban J connectivity index is 2.45. The summed E-state index contributed by atoms with van der Waals surface area (Å²) in [7, 11) is 1.33. The van der Waals surface area contributed by atoms with Crippen molar-refractivity contribution in [3.8, 4) is 0 Å². The average Bonchev–Trinajstić information content (AvgIpc) is 2.29. The molecule has 1 atom stereocenters. The molecule has 4 heteroatoms. The molecule has 1 unspecified atom stereocenters. The van der Waals surface area contributed by atoms with E-state index in [9.17, 15) is 9.59 Å². The van der Waals surface area contributed by atoms with Crippen LogP contribution in [0.25, 0.3) is 0 Å². The maximum atomic E-state index is 11.6. The lowest BCUT2D eigenvalue weighted by Gasteiger charge is -2.07. The summed E-state index contributed by atoms with van der Waals surface area (Å²) in [5.41, 5.74) is 0. The monoisotopic (exact) mass is 238 g/mol. The highest BCUT2D eigenvalue weighted by molar-refractivity contribution is 8.13. The van der Waals surface area contributed by atoms with Gasteiger partial charge in [-0.1, -0.05) is 36.9 Å². The maximum absolute atomic E-state index is 11.6. The van der Waals surface area contributed by atoms with Crippen LogP contribution in [0.3, 0.4) is 0 Å². The first-order chi connectivity index (χ1) is 7.63. The Morgan fingerprint density at radius 3 is 2.50 bits per heavy atom. The van der Waals surface area contributed by atoms with Crippen LogP contribution in [0.5, 0.6) is 0 Å². The highest BCUT2D eigenvalue weighted by atomic mass is 32.2. The largest absolute Gasteiger partial charge is 0.469 e. The van der Waals surface area contributed by atoms with Gasteiger partial charge < -0.3 is 4.74 Å². The van der Waals surface area contributed by atoms with Crippen LogP contribution >= 0.6 is 11.8 Å². The second kappa shape index (κ2) is 6.33. The molecule has 0 saturated heterocycles. The summed E-state index contributed by atoms with van der Waals surface area (Å²) in [6, 6.07) is 9.38. The minimum Gasteiger partial charge on any atom is -0.469 e. The van der Waals surface area contributed by atoms with E-state index in [4.69, 9.17) is 0 Å². The molecule has 0 aliphatic heterocycles. The van der Waals surface area contributed by atoms with E-state index in [1.54, 1.807) is 6.92 Å². The fourth-order valence-electron chi connectivity index (χ4n) is 1.20. The Hall–Kier alpha value is -1.29. The van der Waals surface area contributed by atoms with Gasteiger partial charge in [0.05, 0.1) is 13.0 Å². The van der Waals surface area contributed by atoms with Crippen LogP contribution in [0.4, 0.5) is 0 Å². The minimum atomic E-state index is -0.381. The molecule has 0 saturated carbocycles. The molecule has 0 radical (unpaired) electrons. The molecule has 0 aliphatic carbocycles. The SMILES string of the molecule is COC(=O)C(C)CC(=O)Sc1ccccc1. The molecule has 0 amide bonds. The lowest BCUT2D eigenvalue weighted by atomic mass is 10.1. The van der Waals surface area contributed by atoms with Gasteiger partial charge in [0.2, 0.25) is 0 Å². The summed E-state index contributed by atoms with van der Waals surface area (Å²) in [4.78, 5) is 23.6. The molecule has 0 bridgehead atoms. The highest BCUT2D eigenvalue weighted by Gasteiger charge is 2.17. The van der Waals surface area contributed by atoms with Crippen LogP contribution in [0.2, 0.25) is 0 Å². The first-order valence-electron chi connectivity index (χ1n) is 4.97. The Labute approximate surface area is 99.2 Å². The van der Waals surface area contributed by atoms with E-state index < -0.39 is 0 Å². The number of carbonyl (C=O) groups is 2. The van der Waals surface area contributed by atoms with Gasteiger partial charge in [0.1, 0.15) is 0 Å². The van der Waals surface area contributed by atoms with Crippen molar-refractivity contribution in [3.63, 3.8) is 0 Å². The molecular formula is C12H14O3S. The standard InChI is InChI=1S/C12H14O3S/c1-9(12(14)15-2)8-11(13)16-10-6-4-3-5-7-10/h3-7,9H,8H2,1-2H3. The zero-order valence-corrected chi connectivity index (χ0v) is 10.1. The third kappa shape index (κ3) is 4.06. The number of methoxy groups -OCH3 is 1. The van der Waals surface area contributed by atoms with Gasteiger partial charge in [-0.3, -0.25) is 9.59 Å². The van der Waals surface area contributed by atoms with Crippen molar-refractivity contribution < 1.29 is 14.3 Å². The van der Waals surface area contributed by atoms with Gasteiger partial charge in [-0.05, 0) is 12.1 Å². The van der Waals surface area contributed by atoms with Gasteiger partial charge in [-0.2, -0.15) is 0 Å². The predicted molar refractivity (Wildman–Crippen MR) is 63.1 cm³/mol. The molecule has 0 fully saturated rings. The van der Waals surface area contributed by atoms with Crippen molar-refractivity contribution in [2.75, 3.05) is 7.11 Å². The molecule has 1 rings (SSSR count). The van der Waals surface area contributed by atoms with Crippen LogP contribution in [0.1, 0.15) is 13.3 Å². The zero-order valence-electron chi connectivity index (χ0n) is 9.30. The molecule has 86 valence electrons. The van der Waals surface area contributed by atoms with E-state index >= 15 is 0 Å². The van der Waals surface area contributed by atoms with Crippen LogP contribution < -0.4 is 0 Å².